The molecule has 0 rings (SSSR count). The zero-order valence-corrected chi connectivity index (χ0v) is 5.09. The second kappa shape index (κ2) is 4.52. The Morgan fingerprint density at radius 3 is 2.57 bits per heavy atom. The number of halogens is 1. The summed E-state index contributed by atoms with van der Waals surface area (Å²) in [6.45, 7) is 0.303. The molecule has 0 saturated carbocycles. The molecule has 0 spiro atoms. The van der Waals surface area contributed by atoms with E-state index >= 15 is 0 Å². The van der Waals surface area contributed by atoms with Gasteiger partial charge >= 0.3 is 0 Å². The Hall–Kier alpha value is 0.360. The number of hydrogen-bond acceptors (Lipinski definition) is 2. The number of alkyl halides is 1. The lowest BCUT2D eigenvalue weighted by atomic mass is 10.8. The second-order valence-electron chi connectivity index (χ2n) is 0.818. The Labute approximate surface area is 49.5 Å². The fraction of sp³-hybridized carbons (Fsp3) is 1.00. The normalized spacial score (nSPS) is 14.0. The molecule has 7 heavy (non-hydrogen) atoms. The van der Waals surface area contributed by atoms with Gasteiger partial charge in [0.1, 0.15) is 0 Å². The summed E-state index contributed by atoms with van der Waals surface area (Å²) < 4.78 is 21.3. The average molecular weight is 143 g/mol. The molecule has 0 amide bonds. The monoisotopic (exact) mass is 142 g/mol. The summed E-state index contributed by atoms with van der Waals surface area (Å²) in [6, 6.07) is 0. The zero-order chi connectivity index (χ0) is 5.70. The second-order valence-corrected chi connectivity index (χ2v) is 1.95. The van der Waals surface area contributed by atoms with Crippen molar-refractivity contribution in [2.45, 2.75) is 0 Å². The van der Waals surface area contributed by atoms with Gasteiger partial charge in [-0.15, -0.1) is 11.6 Å². The van der Waals surface area contributed by atoms with Crippen molar-refractivity contribution in [2.75, 3.05) is 12.4 Å². The Kier molecular flexibility index (Phi) is 4.75. The van der Waals surface area contributed by atoms with E-state index in [4.69, 9.17) is 11.6 Å². The third-order valence-electron chi connectivity index (χ3n) is 0.314. The molecule has 0 bridgehead atoms. The highest BCUT2D eigenvalue weighted by molar-refractivity contribution is 7.77. The maximum Gasteiger partial charge on any atom is 0.0358 e. The minimum atomic E-state index is -2.15. The maximum absolute atomic E-state index is 9.59. The van der Waals surface area contributed by atoms with Crippen LogP contribution in [0.4, 0.5) is 0 Å². The Bertz CT molecular complexity index is 68.7. The summed E-state index contributed by atoms with van der Waals surface area (Å²) in [7, 11) is 0. The van der Waals surface area contributed by atoms with Crippen molar-refractivity contribution < 1.29 is 8.76 Å². The standard InChI is InChI=1S/C2H6ClNO2S/c3-1-2-4-7(5)6/h4H,1-2H2,(H,5,6)/p-1. The molecular weight excluding hydrogens is 138 g/mol. The molecule has 0 aromatic heterocycles. The highest BCUT2D eigenvalue weighted by atomic mass is 35.5. The summed E-state index contributed by atoms with van der Waals surface area (Å²) in [4.78, 5) is 0. The van der Waals surface area contributed by atoms with E-state index in [1.165, 1.54) is 0 Å². The molecule has 0 aliphatic heterocycles. The number of nitrogens with one attached hydrogen (secondary N) is 1. The van der Waals surface area contributed by atoms with Crippen molar-refractivity contribution in [3.63, 3.8) is 0 Å². The first-order valence-corrected chi connectivity index (χ1v) is 3.27. The van der Waals surface area contributed by atoms with Crippen LogP contribution in [0, 0.1) is 0 Å². The molecule has 0 radical (unpaired) electrons. The highest BCUT2D eigenvalue weighted by Gasteiger charge is 1.77. The van der Waals surface area contributed by atoms with E-state index < -0.39 is 11.3 Å². The van der Waals surface area contributed by atoms with Crippen LogP contribution in [0.1, 0.15) is 0 Å². The summed E-state index contributed by atoms with van der Waals surface area (Å²) in [5, 5.41) is 0. The molecule has 0 aromatic carbocycles. The fourth-order valence-corrected chi connectivity index (χ4v) is 0.597. The van der Waals surface area contributed by atoms with Crippen molar-refractivity contribution >= 4 is 22.9 Å². The zero-order valence-electron chi connectivity index (χ0n) is 3.52. The van der Waals surface area contributed by atoms with Crippen molar-refractivity contribution in [3.8, 4) is 0 Å². The van der Waals surface area contributed by atoms with Crippen molar-refractivity contribution in [3.05, 3.63) is 0 Å². The SMILES string of the molecule is O=S([O-])NCCCl. The number of rotatable bonds is 3. The molecule has 1 atom stereocenters. The first kappa shape index (κ1) is 7.36. The van der Waals surface area contributed by atoms with E-state index in [0.29, 0.717) is 12.4 Å². The maximum atomic E-state index is 9.59. The Morgan fingerprint density at radius 2 is 2.43 bits per heavy atom. The summed E-state index contributed by atoms with van der Waals surface area (Å²) >= 11 is 2.96. The molecule has 0 aromatic rings. The minimum Gasteiger partial charge on any atom is -0.760 e. The lowest BCUT2D eigenvalue weighted by Crippen LogP contribution is -2.18. The van der Waals surface area contributed by atoms with E-state index in [0.717, 1.165) is 0 Å². The van der Waals surface area contributed by atoms with Crippen LogP contribution >= 0.6 is 11.6 Å². The molecule has 0 aliphatic carbocycles. The van der Waals surface area contributed by atoms with Crippen LogP contribution in [0.15, 0.2) is 0 Å². The third kappa shape index (κ3) is 6.36. The van der Waals surface area contributed by atoms with Crippen LogP contribution in [0.2, 0.25) is 0 Å². The molecule has 0 saturated heterocycles. The van der Waals surface area contributed by atoms with Crippen LogP contribution < -0.4 is 4.72 Å². The first-order chi connectivity index (χ1) is 3.27. The van der Waals surface area contributed by atoms with E-state index in [1.807, 2.05) is 0 Å². The average Bonchev–Trinajstić information content (AvgIpc) is 1.61. The van der Waals surface area contributed by atoms with Gasteiger partial charge in [0.05, 0.1) is 0 Å². The molecule has 0 heterocycles. The van der Waals surface area contributed by atoms with E-state index in [-0.39, 0.29) is 0 Å². The van der Waals surface area contributed by atoms with E-state index in [9.17, 15) is 8.76 Å². The molecule has 1 unspecified atom stereocenters. The van der Waals surface area contributed by atoms with Gasteiger partial charge in [-0.3, -0.25) is 4.21 Å². The predicted molar refractivity (Wildman–Crippen MR) is 27.6 cm³/mol. The summed E-state index contributed by atoms with van der Waals surface area (Å²) in [6.07, 6.45) is 0. The van der Waals surface area contributed by atoms with Gasteiger partial charge in [-0.05, 0) is 0 Å². The lowest BCUT2D eigenvalue weighted by molar-refractivity contribution is 0.525. The van der Waals surface area contributed by atoms with E-state index in [2.05, 4.69) is 4.72 Å². The highest BCUT2D eigenvalue weighted by Crippen LogP contribution is 1.69. The third-order valence-corrected chi connectivity index (χ3v) is 0.943. The molecule has 0 aliphatic rings. The van der Waals surface area contributed by atoms with Crippen LogP contribution in [-0.2, 0) is 11.3 Å². The minimum absolute atomic E-state index is 0.303. The Balaban J connectivity index is 2.82. The van der Waals surface area contributed by atoms with Gasteiger partial charge in [0.2, 0.25) is 0 Å². The molecule has 5 heteroatoms. The van der Waals surface area contributed by atoms with Crippen LogP contribution in [0.3, 0.4) is 0 Å². The fourth-order valence-electron chi connectivity index (χ4n) is 0.122. The van der Waals surface area contributed by atoms with Crippen LogP contribution in [0.5, 0.6) is 0 Å². The largest absolute Gasteiger partial charge is 0.760 e. The van der Waals surface area contributed by atoms with Gasteiger partial charge in [0.25, 0.3) is 0 Å². The quantitative estimate of drug-likeness (QED) is 0.431. The van der Waals surface area contributed by atoms with Gasteiger partial charge in [0, 0.05) is 23.7 Å². The van der Waals surface area contributed by atoms with Gasteiger partial charge in [-0.25, -0.2) is 4.72 Å². The summed E-state index contributed by atoms with van der Waals surface area (Å²) in [5.74, 6) is 0.313. The molecular formula is C2H5ClNO2S-. The number of hydrogen-bond donors (Lipinski definition) is 1. The van der Waals surface area contributed by atoms with Gasteiger partial charge in [-0.1, -0.05) is 0 Å². The topological polar surface area (TPSA) is 52.2 Å². The molecule has 0 fully saturated rings. The first-order valence-electron chi connectivity index (χ1n) is 1.66. The Morgan fingerprint density at radius 1 is 1.86 bits per heavy atom. The van der Waals surface area contributed by atoms with Crippen molar-refractivity contribution in [1.82, 2.24) is 4.72 Å². The van der Waals surface area contributed by atoms with E-state index in [1.54, 1.807) is 0 Å². The van der Waals surface area contributed by atoms with Crippen LogP contribution in [0.25, 0.3) is 0 Å². The smallest absolute Gasteiger partial charge is 0.0358 e. The lowest BCUT2D eigenvalue weighted by Gasteiger charge is -2.02. The van der Waals surface area contributed by atoms with Crippen molar-refractivity contribution in [1.29, 1.82) is 0 Å². The predicted octanol–water partition coefficient (Wildman–Crippen LogP) is -0.391. The molecule has 3 nitrogen and oxygen atoms in total. The van der Waals surface area contributed by atoms with Gasteiger partial charge < -0.3 is 4.55 Å². The van der Waals surface area contributed by atoms with Crippen molar-refractivity contribution in [2.24, 2.45) is 0 Å². The van der Waals surface area contributed by atoms with Gasteiger partial charge in [0.15, 0.2) is 0 Å². The molecule has 1 N–H and O–H groups in total. The molecule has 44 valence electrons. The summed E-state index contributed by atoms with van der Waals surface area (Å²) in [5.41, 5.74) is 0. The van der Waals surface area contributed by atoms with Crippen LogP contribution in [-0.4, -0.2) is 21.2 Å². The van der Waals surface area contributed by atoms with Gasteiger partial charge in [-0.2, -0.15) is 0 Å².